The van der Waals surface area contributed by atoms with Crippen molar-refractivity contribution < 1.29 is 19.4 Å². The molecule has 0 unspecified atom stereocenters. The van der Waals surface area contributed by atoms with Gasteiger partial charge in [-0.05, 0) is 24.3 Å². The smallest absolute Gasteiger partial charge is 0.193 e. The summed E-state index contributed by atoms with van der Waals surface area (Å²) in [5.74, 6) is 0.477. The van der Waals surface area contributed by atoms with E-state index in [-0.39, 0.29) is 11.5 Å². The van der Waals surface area contributed by atoms with E-state index in [2.05, 4.69) is 0 Å². The number of para-hydroxylation sites is 2. The first-order valence-electron chi connectivity index (χ1n) is 6.38. The predicted octanol–water partition coefficient (Wildman–Crippen LogP) is 3.49. The molecule has 2 rings (SSSR count). The highest BCUT2D eigenvalue weighted by molar-refractivity contribution is 6.09. The highest BCUT2D eigenvalue weighted by Gasteiger charge is 2.13. The van der Waals surface area contributed by atoms with Crippen LogP contribution in [0, 0.1) is 0 Å². The molecule has 0 radical (unpaired) electrons. The fourth-order valence-electron chi connectivity index (χ4n) is 1.98. The molecule has 0 aromatic heterocycles. The minimum atomic E-state index is -0.337. The van der Waals surface area contributed by atoms with Gasteiger partial charge in [-0.15, -0.1) is 0 Å². The van der Waals surface area contributed by atoms with E-state index in [0.29, 0.717) is 22.6 Å². The van der Waals surface area contributed by atoms with Crippen LogP contribution in [0.15, 0.2) is 54.6 Å². The molecule has 0 saturated heterocycles. The van der Waals surface area contributed by atoms with Crippen LogP contribution in [0.5, 0.6) is 11.5 Å². The number of allylic oxidation sites excluding steroid dienone is 1. The van der Waals surface area contributed by atoms with Crippen LogP contribution in [0.1, 0.15) is 15.9 Å². The SMILES string of the molecule is COc1ccccc1C(=O)/C=C(\O)c1ccccc1OC. The average Bonchev–Trinajstić information content (AvgIpc) is 2.54. The lowest BCUT2D eigenvalue weighted by atomic mass is 10.1. The monoisotopic (exact) mass is 284 g/mol. The number of benzene rings is 2. The summed E-state index contributed by atoms with van der Waals surface area (Å²) in [6.45, 7) is 0. The molecule has 0 heterocycles. The summed E-state index contributed by atoms with van der Waals surface area (Å²) in [5.41, 5.74) is 0.852. The van der Waals surface area contributed by atoms with Crippen LogP contribution >= 0.6 is 0 Å². The molecule has 0 aliphatic carbocycles. The van der Waals surface area contributed by atoms with Gasteiger partial charge in [0, 0.05) is 6.08 Å². The zero-order valence-corrected chi connectivity index (χ0v) is 11.9. The van der Waals surface area contributed by atoms with Crippen molar-refractivity contribution in [2.75, 3.05) is 14.2 Å². The largest absolute Gasteiger partial charge is 0.507 e. The molecular weight excluding hydrogens is 268 g/mol. The molecule has 4 nitrogen and oxygen atoms in total. The van der Waals surface area contributed by atoms with Gasteiger partial charge in [0.05, 0.1) is 25.3 Å². The van der Waals surface area contributed by atoms with Crippen molar-refractivity contribution in [2.45, 2.75) is 0 Å². The van der Waals surface area contributed by atoms with E-state index >= 15 is 0 Å². The number of rotatable bonds is 5. The first-order valence-corrected chi connectivity index (χ1v) is 6.38. The Bertz CT molecular complexity index is 674. The lowest BCUT2D eigenvalue weighted by Crippen LogP contribution is -2.00. The standard InChI is InChI=1S/C17H16O4/c1-20-16-9-5-3-7-12(16)14(18)11-15(19)13-8-4-6-10-17(13)21-2/h3-11,18H,1-2H3/b14-11-. The lowest BCUT2D eigenvalue weighted by Gasteiger charge is -2.08. The van der Waals surface area contributed by atoms with Gasteiger partial charge in [0.1, 0.15) is 17.3 Å². The number of aliphatic hydroxyl groups excluding tert-OH is 1. The van der Waals surface area contributed by atoms with Gasteiger partial charge >= 0.3 is 0 Å². The number of carbonyl (C=O) groups is 1. The molecule has 1 N–H and O–H groups in total. The number of aliphatic hydroxyl groups is 1. The van der Waals surface area contributed by atoms with Gasteiger partial charge in [-0.1, -0.05) is 24.3 Å². The molecule has 0 aliphatic rings. The van der Waals surface area contributed by atoms with Crippen molar-refractivity contribution in [3.05, 3.63) is 65.7 Å². The number of methoxy groups -OCH3 is 2. The minimum Gasteiger partial charge on any atom is -0.507 e. The summed E-state index contributed by atoms with van der Waals surface area (Å²) in [7, 11) is 3.00. The Morgan fingerprint density at radius 3 is 1.95 bits per heavy atom. The van der Waals surface area contributed by atoms with Crippen molar-refractivity contribution in [1.29, 1.82) is 0 Å². The zero-order chi connectivity index (χ0) is 15.2. The Morgan fingerprint density at radius 1 is 0.905 bits per heavy atom. The summed E-state index contributed by atoms with van der Waals surface area (Å²) >= 11 is 0. The molecule has 0 bridgehead atoms. The first kappa shape index (κ1) is 14.7. The molecule has 2 aromatic carbocycles. The molecule has 0 saturated carbocycles. The molecule has 0 aliphatic heterocycles. The van der Waals surface area contributed by atoms with E-state index in [0.717, 1.165) is 6.08 Å². The molecule has 0 amide bonds. The van der Waals surface area contributed by atoms with Gasteiger partial charge in [-0.3, -0.25) is 4.79 Å². The van der Waals surface area contributed by atoms with E-state index in [1.807, 2.05) is 0 Å². The van der Waals surface area contributed by atoms with E-state index in [4.69, 9.17) is 9.47 Å². The molecule has 21 heavy (non-hydrogen) atoms. The van der Waals surface area contributed by atoms with Crippen LogP contribution in [0.4, 0.5) is 0 Å². The first-order chi connectivity index (χ1) is 10.2. The Labute approximate surface area is 123 Å². The van der Waals surface area contributed by atoms with Crippen LogP contribution in [0.2, 0.25) is 0 Å². The summed E-state index contributed by atoms with van der Waals surface area (Å²) in [6.07, 6.45) is 1.16. The summed E-state index contributed by atoms with van der Waals surface area (Å²) in [4.78, 5) is 12.3. The second-order valence-corrected chi connectivity index (χ2v) is 4.29. The Kier molecular flexibility index (Phi) is 4.61. The highest BCUT2D eigenvalue weighted by Crippen LogP contribution is 2.25. The van der Waals surface area contributed by atoms with Crippen LogP contribution in [-0.2, 0) is 0 Å². The molecule has 0 fully saturated rings. The van der Waals surface area contributed by atoms with E-state index in [1.165, 1.54) is 14.2 Å². The number of hydrogen-bond acceptors (Lipinski definition) is 4. The van der Waals surface area contributed by atoms with Gasteiger partial charge in [0.15, 0.2) is 5.78 Å². The lowest BCUT2D eigenvalue weighted by molar-refractivity contribution is 0.104. The Hall–Kier alpha value is -2.75. The second-order valence-electron chi connectivity index (χ2n) is 4.29. The summed E-state index contributed by atoms with van der Waals surface area (Å²) in [5, 5.41) is 10.1. The molecule has 0 spiro atoms. The third-order valence-corrected chi connectivity index (χ3v) is 3.02. The van der Waals surface area contributed by atoms with Gasteiger partial charge in [0.25, 0.3) is 0 Å². The van der Waals surface area contributed by atoms with Crippen molar-refractivity contribution in [3.8, 4) is 11.5 Å². The normalized spacial score (nSPS) is 11.0. The van der Waals surface area contributed by atoms with E-state index in [9.17, 15) is 9.90 Å². The fourth-order valence-corrected chi connectivity index (χ4v) is 1.98. The summed E-state index contributed by atoms with van der Waals surface area (Å²) in [6, 6.07) is 13.8. The van der Waals surface area contributed by atoms with Gasteiger partial charge in [-0.25, -0.2) is 0 Å². The van der Waals surface area contributed by atoms with Gasteiger partial charge < -0.3 is 14.6 Å². The molecule has 2 aromatic rings. The third-order valence-electron chi connectivity index (χ3n) is 3.02. The number of carbonyl (C=O) groups excluding carboxylic acids is 1. The number of ether oxygens (including phenoxy) is 2. The van der Waals surface area contributed by atoms with Crippen LogP contribution in [-0.4, -0.2) is 25.1 Å². The topological polar surface area (TPSA) is 55.8 Å². The minimum absolute atomic E-state index is 0.150. The van der Waals surface area contributed by atoms with Crippen molar-refractivity contribution in [1.82, 2.24) is 0 Å². The Morgan fingerprint density at radius 2 is 1.38 bits per heavy atom. The Balaban J connectivity index is 2.36. The summed E-state index contributed by atoms with van der Waals surface area (Å²) < 4.78 is 10.3. The average molecular weight is 284 g/mol. The van der Waals surface area contributed by atoms with Gasteiger partial charge in [-0.2, -0.15) is 0 Å². The maximum atomic E-state index is 12.3. The van der Waals surface area contributed by atoms with Crippen LogP contribution in [0.25, 0.3) is 5.76 Å². The number of ketones is 1. The predicted molar refractivity (Wildman–Crippen MR) is 80.9 cm³/mol. The molecule has 0 atom stereocenters. The van der Waals surface area contributed by atoms with Crippen molar-refractivity contribution >= 4 is 11.5 Å². The maximum Gasteiger partial charge on any atom is 0.193 e. The highest BCUT2D eigenvalue weighted by atomic mass is 16.5. The van der Waals surface area contributed by atoms with Crippen LogP contribution < -0.4 is 9.47 Å². The van der Waals surface area contributed by atoms with E-state index < -0.39 is 0 Å². The quantitative estimate of drug-likeness (QED) is 0.519. The number of hydrogen-bond donors (Lipinski definition) is 1. The third kappa shape index (κ3) is 3.23. The van der Waals surface area contributed by atoms with Crippen molar-refractivity contribution in [2.24, 2.45) is 0 Å². The van der Waals surface area contributed by atoms with Gasteiger partial charge in [0.2, 0.25) is 0 Å². The zero-order valence-electron chi connectivity index (χ0n) is 11.9. The second kappa shape index (κ2) is 6.61. The van der Waals surface area contributed by atoms with Crippen molar-refractivity contribution in [3.63, 3.8) is 0 Å². The van der Waals surface area contributed by atoms with E-state index in [1.54, 1.807) is 48.5 Å². The molecule has 108 valence electrons. The fraction of sp³-hybridized carbons (Fsp3) is 0.118. The molecule has 4 heteroatoms. The van der Waals surface area contributed by atoms with Crippen LogP contribution in [0.3, 0.4) is 0 Å². The molecular formula is C17H16O4. The maximum absolute atomic E-state index is 12.3.